The zero-order valence-corrected chi connectivity index (χ0v) is 10.9. The highest BCUT2D eigenvalue weighted by Gasteiger charge is 2.44. The highest BCUT2D eigenvalue weighted by atomic mass is 16.4. The number of carbonyl (C=O) groups is 2. The molecular weight excluding hydrogens is 232 g/mol. The summed E-state index contributed by atoms with van der Waals surface area (Å²) in [5.74, 6) is -0.396. The first kappa shape index (κ1) is 13.3. The minimum atomic E-state index is -0.767. The van der Waals surface area contributed by atoms with Crippen molar-refractivity contribution in [1.82, 2.24) is 10.2 Å². The maximum Gasteiger partial charge on any atom is 0.303 e. The summed E-state index contributed by atoms with van der Waals surface area (Å²) in [5.41, 5.74) is -0.244. The topological polar surface area (TPSA) is 69.6 Å². The Morgan fingerprint density at radius 3 is 2.67 bits per heavy atom. The van der Waals surface area contributed by atoms with Crippen molar-refractivity contribution in [3.63, 3.8) is 0 Å². The van der Waals surface area contributed by atoms with Gasteiger partial charge in [0, 0.05) is 25.6 Å². The Morgan fingerprint density at radius 2 is 2.17 bits per heavy atom. The quantitative estimate of drug-likeness (QED) is 0.775. The number of nitrogens with one attached hydrogen (secondary N) is 1. The van der Waals surface area contributed by atoms with E-state index in [4.69, 9.17) is 5.11 Å². The molecule has 0 radical (unpaired) electrons. The second kappa shape index (κ2) is 5.26. The van der Waals surface area contributed by atoms with Gasteiger partial charge in [0.15, 0.2) is 0 Å². The molecule has 2 rings (SSSR count). The van der Waals surface area contributed by atoms with Crippen LogP contribution < -0.4 is 5.32 Å². The summed E-state index contributed by atoms with van der Waals surface area (Å²) < 4.78 is 0. The van der Waals surface area contributed by atoms with E-state index in [0.29, 0.717) is 13.1 Å². The van der Waals surface area contributed by atoms with E-state index in [1.165, 1.54) is 0 Å². The van der Waals surface area contributed by atoms with Crippen molar-refractivity contribution in [1.29, 1.82) is 0 Å². The molecule has 2 heterocycles. The lowest BCUT2D eigenvalue weighted by molar-refractivity contribution is -0.153. The van der Waals surface area contributed by atoms with Gasteiger partial charge >= 0.3 is 5.97 Å². The van der Waals surface area contributed by atoms with Crippen molar-refractivity contribution in [2.24, 2.45) is 11.3 Å². The van der Waals surface area contributed by atoms with Gasteiger partial charge in [-0.1, -0.05) is 6.92 Å². The van der Waals surface area contributed by atoms with Gasteiger partial charge < -0.3 is 15.3 Å². The third-order valence-corrected chi connectivity index (χ3v) is 4.31. The van der Waals surface area contributed by atoms with Gasteiger partial charge in [-0.3, -0.25) is 9.59 Å². The van der Waals surface area contributed by atoms with Crippen molar-refractivity contribution in [3.8, 4) is 0 Å². The van der Waals surface area contributed by atoms with Crippen molar-refractivity contribution >= 4 is 11.9 Å². The number of aliphatic carboxylic acids is 1. The summed E-state index contributed by atoms with van der Waals surface area (Å²) in [6, 6.07) is 0. The molecular formula is C13H22N2O3. The van der Waals surface area contributed by atoms with E-state index >= 15 is 0 Å². The summed E-state index contributed by atoms with van der Waals surface area (Å²) in [6.07, 6.45) is 3.04. The molecule has 0 aromatic heterocycles. The van der Waals surface area contributed by atoms with Crippen LogP contribution >= 0.6 is 0 Å². The second-order valence-corrected chi connectivity index (χ2v) is 5.59. The SMILES string of the molecule is CCC1(C(=O)N2CC(CC(=O)O)C2)CCCNC1. The molecule has 2 N–H and O–H groups in total. The minimum absolute atomic E-state index is 0.150. The van der Waals surface area contributed by atoms with Crippen LogP contribution in [0.5, 0.6) is 0 Å². The number of piperidine rings is 1. The molecule has 2 fully saturated rings. The Balaban J connectivity index is 1.89. The Hall–Kier alpha value is -1.10. The molecule has 0 saturated carbocycles. The lowest BCUT2D eigenvalue weighted by Gasteiger charge is -2.46. The van der Waals surface area contributed by atoms with Gasteiger partial charge in [-0.25, -0.2) is 0 Å². The molecule has 0 spiro atoms. The number of amides is 1. The number of rotatable bonds is 4. The van der Waals surface area contributed by atoms with Crippen LogP contribution in [0.1, 0.15) is 32.6 Å². The van der Waals surface area contributed by atoms with Gasteiger partial charge in [0.25, 0.3) is 0 Å². The molecule has 0 aliphatic carbocycles. The third-order valence-electron chi connectivity index (χ3n) is 4.31. The average molecular weight is 254 g/mol. The average Bonchev–Trinajstić information content (AvgIpc) is 2.33. The lowest BCUT2D eigenvalue weighted by Crippen LogP contribution is -2.58. The summed E-state index contributed by atoms with van der Waals surface area (Å²) in [6.45, 7) is 5.07. The Bertz CT molecular complexity index is 331. The molecule has 5 heteroatoms. The monoisotopic (exact) mass is 254 g/mol. The van der Waals surface area contributed by atoms with Crippen LogP contribution in [-0.2, 0) is 9.59 Å². The molecule has 2 aliphatic rings. The fourth-order valence-corrected chi connectivity index (χ4v) is 3.05. The van der Waals surface area contributed by atoms with E-state index in [9.17, 15) is 9.59 Å². The first-order valence-electron chi connectivity index (χ1n) is 6.79. The number of carboxylic acid groups (broad SMARTS) is 1. The molecule has 2 saturated heterocycles. The van der Waals surface area contributed by atoms with Gasteiger partial charge in [0.1, 0.15) is 0 Å². The van der Waals surface area contributed by atoms with Gasteiger partial charge in [0.05, 0.1) is 11.8 Å². The van der Waals surface area contributed by atoms with Crippen LogP contribution in [0.2, 0.25) is 0 Å². The Labute approximate surface area is 108 Å². The zero-order valence-electron chi connectivity index (χ0n) is 10.9. The Kier molecular flexibility index (Phi) is 3.90. The van der Waals surface area contributed by atoms with Gasteiger partial charge in [-0.2, -0.15) is 0 Å². The zero-order chi connectivity index (χ0) is 13.2. The smallest absolute Gasteiger partial charge is 0.303 e. The van der Waals surface area contributed by atoms with Gasteiger partial charge in [-0.05, 0) is 25.8 Å². The molecule has 2 aliphatic heterocycles. The van der Waals surface area contributed by atoms with Gasteiger partial charge in [-0.15, -0.1) is 0 Å². The van der Waals surface area contributed by atoms with Crippen LogP contribution in [0.4, 0.5) is 0 Å². The van der Waals surface area contributed by atoms with Crippen LogP contribution in [-0.4, -0.2) is 48.1 Å². The molecule has 102 valence electrons. The van der Waals surface area contributed by atoms with E-state index in [-0.39, 0.29) is 23.7 Å². The van der Waals surface area contributed by atoms with Crippen molar-refractivity contribution in [3.05, 3.63) is 0 Å². The predicted octanol–water partition coefficient (Wildman–Crippen LogP) is 0.699. The van der Waals surface area contributed by atoms with E-state index in [2.05, 4.69) is 12.2 Å². The number of nitrogens with zero attached hydrogens (tertiary/aromatic N) is 1. The molecule has 5 nitrogen and oxygen atoms in total. The van der Waals surface area contributed by atoms with Gasteiger partial charge in [0.2, 0.25) is 5.91 Å². The van der Waals surface area contributed by atoms with Crippen molar-refractivity contribution in [2.45, 2.75) is 32.6 Å². The highest BCUT2D eigenvalue weighted by molar-refractivity contribution is 5.84. The Morgan fingerprint density at radius 1 is 1.44 bits per heavy atom. The van der Waals surface area contributed by atoms with Crippen LogP contribution in [0.3, 0.4) is 0 Å². The number of carbonyl (C=O) groups excluding carboxylic acids is 1. The summed E-state index contributed by atoms with van der Waals surface area (Å²) in [5, 5.41) is 12.0. The molecule has 1 amide bonds. The van der Waals surface area contributed by atoms with Crippen LogP contribution in [0.25, 0.3) is 0 Å². The number of hydrogen-bond acceptors (Lipinski definition) is 3. The maximum atomic E-state index is 12.5. The molecule has 18 heavy (non-hydrogen) atoms. The number of likely N-dealkylation sites (tertiary alicyclic amines) is 1. The second-order valence-electron chi connectivity index (χ2n) is 5.59. The molecule has 1 unspecified atom stereocenters. The van der Waals surface area contributed by atoms with Crippen LogP contribution in [0, 0.1) is 11.3 Å². The molecule has 0 bridgehead atoms. The number of carboxylic acids is 1. The normalized spacial score (nSPS) is 28.8. The highest BCUT2D eigenvalue weighted by Crippen LogP contribution is 2.35. The summed E-state index contributed by atoms with van der Waals surface area (Å²) in [4.78, 5) is 24.9. The van der Waals surface area contributed by atoms with E-state index in [1.807, 2.05) is 4.90 Å². The molecule has 0 aromatic rings. The maximum absolute atomic E-state index is 12.5. The van der Waals surface area contributed by atoms with Crippen LogP contribution in [0.15, 0.2) is 0 Å². The first-order chi connectivity index (χ1) is 8.57. The standard InChI is InChI=1S/C13H22N2O3/c1-2-13(4-3-5-14-9-13)12(18)15-7-10(8-15)6-11(16)17/h10,14H,2-9H2,1H3,(H,16,17). The summed E-state index contributed by atoms with van der Waals surface area (Å²) >= 11 is 0. The molecule has 1 atom stereocenters. The summed E-state index contributed by atoms with van der Waals surface area (Å²) in [7, 11) is 0. The van der Waals surface area contributed by atoms with Crippen molar-refractivity contribution < 1.29 is 14.7 Å². The van der Waals surface area contributed by atoms with E-state index in [0.717, 1.165) is 32.4 Å². The van der Waals surface area contributed by atoms with Crippen molar-refractivity contribution in [2.75, 3.05) is 26.2 Å². The minimum Gasteiger partial charge on any atom is -0.481 e. The molecule has 0 aromatic carbocycles. The first-order valence-corrected chi connectivity index (χ1v) is 6.79. The largest absolute Gasteiger partial charge is 0.481 e. The van der Waals surface area contributed by atoms with E-state index in [1.54, 1.807) is 0 Å². The third kappa shape index (κ3) is 2.51. The fourth-order valence-electron chi connectivity index (χ4n) is 3.05. The predicted molar refractivity (Wildman–Crippen MR) is 67.2 cm³/mol. The fraction of sp³-hybridized carbons (Fsp3) is 0.846. The lowest BCUT2D eigenvalue weighted by atomic mass is 9.76. The van der Waals surface area contributed by atoms with E-state index < -0.39 is 5.97 Å². The number of hydrogen-bond donors (Lipinski definition) is 2.